The van der Waals surface area contributed by atoms with Crippen LogP contribution in [0, 0.1) is 19.8 Å². The van der Waals surface area contributed by atoms with Gasteiger partial charge in [0.25, 0.3) is 15.9 Å². The molecule has 1 unspecified atom stereocenters. The van der Waals surface area contributed by atoms with Crippen molar-refractivity contribution in [2.45, 2.75) is 44.6 Å². The number of anilines is 1. The summed E-state index contributed by atoms with van der Waals surface area (Å²) in [5.41, 5.74) is 0.493. The number of ether oxygens (including phenoxy) is 2. The molecule has 1 aliphatic heterocycles. The lowest BCUT2D eigenvalue weighted by atomic mass is 9.67. The summed E-state index contributed by atoms with van der Waals surface area (Å²) < 4.78 is 39.7. The second-order valence-electron chi connectivity index (χ2n) is 11.0. The van der Waals surface area contributed by atoms with Gasteiger partial charge in [0.1, 0.15) is 44.8 Å². The Morgan fingerprint density at radius 3 is 2.36 bits per heavy atom. The minimum absolute atomic E-state index is 0.0106. The number of carbonyl (C=O) groups is 4. The van der Waals surface area contributed by atoms with Crippen molar-refractivity contribution in [2.75, 3.05) is 11.8 Å². The number of Topliss-reactive ketones (excluding diaryl/α,β-unsaturated/α-hetero) is 2. The third-order valence-corrected chi connectivity index (χ3v) is 9.98. The van der Waals surface area contributed by atoms with Crippen LogP contribution in [0.5, 0.6) is 17.2 Å². The molecule has 11 nitrogen and oxygen atoms in total. The quantitative estimate of drug-likeness (QED) is 0.301. The molecular formula is C32H29ClN2O9S. The van der Waals surface area contributed by atoms with Gasteiger partial charge in [0.15, 0.2) is 17.3 Å². The summed E-state index contributed by atoms with van der Waals surface area (Å²) in [5, 5.41) is 13.8. The standard InChI is InChI=1S/C32H29ClN2O9S/c1-15-10-18(35-45(41,42)24-9-7-6-8-20(24)33)11-16(2)19(15)14-34-31(40)27-23(43-5)12-22(38)28-29(27)44-25-13-21(37)26(17(3)36)30(39)32(25,28)4/h6-13,26,35,38H,14H2,1-5H3,(H,34,40)/t26?,32-/m1/s1. The van der Waals surface area contributed by atoms with E-state index in [9.17, 15) is 32.7 Å². The van der Waals surface area contributed by atoms with Gasteiger partial charge in [-0.25, -0.2) is 8.42 Å². The molecule has 234 valence electrons. The number of aromatic hydroxyl groups is 1. The Balaban J connectivity index is 1.45. The second-order valence-corrected chi connectivity index (χ2v) is 13.1. The number of benzene rings is 3. The van der Waals surface area contributed by atoms with Gasteiger partial charge in [-0.1, -0.05) is 23.7 Å². The van der Waals surface area contributed by atoms with Gasteiger partial charge in [-0.3, -0.25) is 23.9 Å². The number of hydrogen-bond donors (Lipinski definition) is 3. The van der Waals surface area contributed by atoms with Gasteiger partial charge in [-0.2, -0.15) is 0 Å². The van der Waals surface area contributed by atoms with Crippen molar-refractivity contribution in [1.29, 1.82) is 0 Å². The van der Waals surface area contributed by atoms with Crippen LogP contribution in [0.15, 0.2) is 59.2 Å². The van der Waals surface area contributed by atoms with E-state index in [1.807, 2.05) is 0 Å². The van der Waals surface area contributed by atoms with E-state index >= 15 is 0 Å². The van der Waals surface area contributed by atoms with Gasteiger partial charge in [0.2, 0.25) is 0 Å². The smallest absolute Gasteiger partial charge is 0.263 e. The van der Waals surface area contributed by atoms with Crippen LogP contribution in [-0.2, 0) is 36.4 Å². The van der Waals surface area contributed by atoms with Crippen molar-refractivity contribution in [3.8, 4) is 17.2 Å². The first-order valence-electron chi connectivity index (χ1n) is 13.7. The molecule has 2 atom stereocenters. The number of rotatable bonds is 8. The number of aryl methyl sites for hydroxylation is 2. The number of allylic oxidation sites excluding steroid dienone is 2. The fourth-order valence-corrected chi connectivity index (χ4v) is 7.37. The summed E-state index contributed by atoms with van der Waals surface area (Å²) in [6.07, 6.45) is 1.05. The molecule has 3 N–H and O–H groups in total. The maximum atomic E-state index is 13.7. The summed E-state index contributed by atoms with van der Waals surface area (Å²) >= 11 is 6.09. The van der Waals surface area contributed by atoms with Crippen molar-refractivity contribution >= 4 is 50.6 Å². The van der Waals surface area contributed by atoms with Crippen LogP contribution in [0.25, 0.3) is 0 Å². The van der Waals surface area contributed by atoms with E-state index in [2.05, 4.69) is 10.0 Å². The van der Waals surface area contributed by atoms with Gasteiger partial charge in [-0.05, 0) is 68.7 Å². The Morgan fingerprint density at radius 1 is 1.11 bits per heavy atom. The third-order valence-electron chi connectivity index (χ3n) is 8.10. The van der Waals surface area contributed by atoms with Crippen LogP contribution in [-0.4, -0.2) is 43.9 Å². The number of phenols is 1. The molecule has 2 aliphatic rings. The molecule has 0 saturated heterocycles. The molecule has 0 aromatic heterocycles. The number of methoxy groups -OCH3 is 1. The van der Waals surface area contributed by atoms with E-state index in [0.29, 0.717) is 22.4 Å². The number of phenolic OH excluding ortho intramolecular Hbond substituents is 1. The summed E-state index contributed by atoms with van der Waals surface area (Å²) in [6, 6.07) is 10.5. The predicted octanol–water partition coefficient (Wildman–Crippen LogP) is 4.29. The van der Waals surface area contributed by atoms with Crippen LogP contribution in [0.2, 0.25) is 5.02 Å². The predicted molar refractivity (Wildman–Crippen MR) is 164 cm³/mol. The number of halogens is 1. The van der Waals surface area contributed by atoms with Crippen LogP contribution >= 0.6 is 11.6 Å². The van der Waals surface area contributed by atoms with Crippen molar-refractivity contribution in [3.63, 3.8) is 0 Å². The molecule has 45 heavy (non-hydrogen) atoms. The molecule has 3 aromatic carbocycles. The number of ketones is 3. The van der Waals surface area contributed by atoms with Gasteiger partial charge in [0, 0.05) is 24.4 Å². The summed E-state index contributed by atoms with van der Waals surface area (Å²) in [4.78, 5) is 51.9. The normalized spacial score (nSPS) is 18.8. The van der Waals surface area contributed by atoms with Crippen molar-refractivity contribution in [1.82, 2.24) is 5.32 Å². The average molecular weight is 653 g/mol. The first kappa shape index (κ1) is 31.7. The Labute approximate surface area is 264 Å². The van der Waals surface area contributed by atoms with Crippen molar-refractivity contribution in [3.05, 3.63) is 87.1 Å². The Bertz CT molecular complexity index is 1950. The topological polar surface area (TPSA) is 165 Å². The summed E-state index contributed by atoms with van der Waals surface area (Å²) in [7, 11) is -2.68. The molecule has 1 heterocycles. The molecule has 3 aromatic rings. The highest BCUT2D eigenvalue weighted by Crippen LogP contribution is 2.56. The number of hydrogen-bond acceptors (Lipinski definition) is 9. The average Bonchev–Trinajstić information content (AvgIpc) is 3.25. The van der Waals surface area contributed by atoms with E-state index in [1.165, 1.54) is 32.2 Å². The van der Waals surface area contributed by atoms with Gasteiger partial charge in [-0.15, -0.1) is 0 Å². The molecule has 5 rings (SSSR count). The van der Waals surface area contributed by atoms with Crippen LogP contribution in [0.1, 0.15) is 46.5 Å². The van der Waals surface area contributed by atoms with Crippen LogP contribution < -0.4 is 19.5 Å². The van der Waals surface area contributed by atoms with Crippen LogP contribution in [0.4, 0.5) is 5.69 Å². The zero-order chi connectivity index (χ0) is 33.0. The molecule has 0 bridgehead atoms. The maximum Gasteiger partial charge on any atom is 0.263 e. The molecule has 13 heteroatoms. The number of nitrogens with one attached hydrogen (secondary N) is 2. The first-order chi connectivity index (χ1) is 21.1. The van der Waals surface area contributed by atoms with E-state index < -0.39 is 50.4 Å². The van der Waals surface area contributed by atoms with E-state index in [0.717, 1.165) is 13.0 Å². The number of sulfonamides is 1. The highest BCUT2D eigenvalue weighted by Gasteiger charge is 2.58. The minimum atomic E-state index is -3.97. The lowest BCUT2D eigenvalue weighted by Crippen LogP contribution is -2.47. The summed E-state index contributed by atoms with van der Waals surface area (Å²) in [5.74, 6) is -5.11. The Kier molecular flexibility index (Phi) is 8.01. The Morgan fingerprint density at radius 2 is 1.76 bits per heavy atom. The fraction of sp³-hybridized carbons (Fsp3) is 0.250. The molecule has 1 aliphatic carbocycles. The lowest BCUT2D eigenvalue weighted by Gasteiger charge is -2.30. The molecule has 0 radical (unpaired) electrons. The van der Waals surface area contributed by atoms with E-state index in [4.69, 9.17) is 21.1 Å². The zero-order valence-corrected chi connectivity index (χ0v) is 26.5. The van der Waals surface area contributed by atoms with Gasteiger partial charge >= 0.3 is 0 Å². The number of amides is 1. The monoisotopic (exact) mass is 652 g/mol. The van der Waals surface area contributed by atoms with E-state index in [-0.39, 0.29) is 44.8 Å². The minimum Gasteiger partial charge on any atom is -0.507 e. The van der Waals surface area contributed by atoms with Crippen molar-refractivity contribution in [2.24, 2.45) is 5.92 Å². The van der Waals surface area contributed by atoms with E-state index in [1.54, 1.807) is 38.1 Å². The van der Waals surface area contributed by atoms with Crippen LogP contribution in [0.3, 0.4) is 0 Å². The summed E-state index contributed by atoms with van der Waals surface area (Å²) in [6.45, 7) is 6.09. The Hall–Kier alpha value is -4.68. The molecule has 1 amide bonds. The molecule has 0 saturated carbocycles. The van der Waals surface area contributed by atoms with Gasteiger partial charge in [0.05, 0.1) is 17.7 Å². The van der Waals surface area contributed by atoms with Crippen molar-refractivity contribution < 1.29 is 42.2 Å². The first-order valence-corrected chi connectivity index (χ1v) is 15.6. The lowest BCUT2D eigenvalue weighted by molar-refractivity contribution is -0.140. The molecule has 0 fully saturated rings. The highest BCUT2D eigenvalue weighted by atomic mass is 35.5. The van der Waals surface area contributed by atoms with Gasteiger partial charge < -0.3 is 19.9 Å². The highest BCUT2D eigenvalue weighted by molar-refractivity contribution is 7.92. The second kappa shape index (κ2) is 11.4. The maximum absolute atomic E-state index is 13.7. The SMILES string of the molecule is COc1cc(O)c2c(c1C(=O)NCc1c(C)cc(NS(=O)(=O)c3ccccc3Cl)cc1C)OC1=CC(=O)C(C(C)=O)C(=O)[C@]12C. The molecular weight excluding hydrogens is 624 g/mol. The molecule has 0 spiro atoms. The fourth-order valence-electron chi connectivity index (χ4n) is 5.81. The number of carbonyl (C=O) groups excluding carboxylic acids is 4. The number of fused-ring (bicyclic) bond motifs is 3. The zero-order valence-electron chi connectivity index (χ0n) is 24.9. The largest absolute Gasteiger partial charge is 0.507 e. The third kappa shape index (κ3) is 5.23.